The van der Waals surface area contributed by atoms with Gasteiger partial charge < -0.3 is 25.0 Å². The highest BCUT2D eigenvalue weighted by Gasteiger charge is 2.76. The van der Waals surface area contributed by atoms with Crippen LogP contribution < -0.4 is 4.74 Å². The van der Waals surface area contributed by atoms with Crippen LogP contribution in [0.2, 0.25) is 0 Å². The van der Waals surface area contributed by atoms with E-state index in [9.17, 15) is 20.1 Å². The van der Waals surface area contributed by atoms with Gasteiger partial charge in [0.05, 0.1) is 23.2 Å². The fraction of sp³-hybridized carbons (Fsp3) is 0.581. The van der Waals surface area contributed by atoms with E-state index in [4.69, 9.17) is 4.74 Å². The number of hydrogen-bond donors (Lipinski definition) is 3. The Morgan fingerprint density at radius 1 is 1.21 bits per heavy atom. The van der Waals surface area contributed by atoms with E-state index in [0.717, 1.165) is 23.2 Å². The lowest BCUT2D eigenvalue weighted by Gasteiger charge is -2.66. The van der Waals surface area contributed by atoms with Crippen molar-refractivity contribution in [3.05, 3.63) is 58.7 Å². The van der Waals surface area contributed by atoms with Gasteiger partial charge in [0.15, 0.2) is 11.5 Å². The van der Waals surface area contributed by atoms with Gasteiger partial charge >= 0.3 is 0 Å². The van der Waals surface area contributed by atoms with Gasteiger partial charge in [-0.3, -0.25) is 9.69 Å². The van der Waals surface area contributed by atoms with Crippen molar-refractivity contribution in [2.24, 2.45) is 5.92 Å². The van der Waals surface area contributed by atoms with E-state index in [-0.39, 0.29) is 36.1 Å². The van der Waals surface area contributed by atoms with Crippen molar-refractivity contribution in [1.82, 2.24) is 9.80 Å². The summed E-state index contributed by atoms with van der Waals surface area (Å²) in [6, 6.07) is 11.4. The van der Waals surface area contributed by atoms with Gasteiger partial charge in [0, 0.05) is 38.2 Å². The Labute approximate surface area is 236 Å². The summed E-state index contributed by atoms with van der Waals surface area (Å²) in [4.78, 5) is 17.6. The first kappa shape index (κ1) is 26.9. The van der Waals surface area contributed by atoms with E-state index in [2.05, 4.69) is 30.0 Å². The maximum Gasteiger partial charge on any atom is 0.223 e. The van der Waals surface area contributed by atoms with Crippen LogP contribution in [0.25, 0.3) is 0 Å². The van der Waals surface area contributed by atoms with Crippen LogP contribution in [0.4, 0.5) is 0 Å². The predicted octanol–water partition coefficient (Wildman–Crippen LogP) is 3.12. The van der Waals surface area contributed by atoms with E-state index >= 15 is 0 Å². The zero-order valence-electron chi connectivity index (χ0n) is 22.7. The Bertz CT molecular complexity index is 1300. The number of ether oxygens (including phenoxy) is 1. The normalized spacial score (nSPS) is 34.1. The Hall–Kier alpha value is -2.32. The summed E-state index contributed by atoms with van der Waals surface area (Å²) in [6.45, 7) is 3.42. The van der Waals surface area contributed by atoms with E-state index in [0.29, 0.717) is 50.3 Å². The van der Waals surface area contributed by atoms with Gasteiger partial charge in [-0.25, -0.2) is 0 Å². The molecule has 3 aliphatic carbocycles. The van der Waals surface area contributed by atoms with Gasteiger partial charge in [0.2, 0.25) is 5.91 Å². The molecule has 3 fully saturated rings. The number of β-amino-alcohol motifs (C(OH)–C–C–N with tert-alkyl or cyclic N) is 1. The molecule has 6 atom stereocenters. The second-order valence-electron chi connectivity index (χ2n) is 12.5. The summed E-state index contributed by atoms with van der Waals surface area (Å²) >= 11 is 0. The highest BCUT2D eigenvalue weighted by molar-refractivity contribution is 5.85. The summed E-state index contributed by atoms with van der Waals surface area (Å²) in [7, 11) is 1.83. The molecule has 8 heteroatoms. The predicted molar refractivity (Wildman–Crippen MR) is 149 cm³/mol. The molecule has 2 aromatic rings. The van der Waals surface area contributed by atoms with E-state index in [1.807, 2.05) is 19.2 Å². The van der Waals surface area contributed by atoms with Crippen molar-refractivity contribution in [3.8, 4) is 11.5 Å². The lowest BCUT2D eigenvalue weighted by Crippen LogP contribution is -2.82. The largest absolute Gasteiger partial charge is 0.504 e. The third-order valence-electron chi connectivity index (χ3n) is 10.3. The first-order chi connectivity index (χ1) is 18.2. The molecule has 39 heavy (non-hydrogen) atoms. The van der Waals surface area contributed by atoms with Crippen LogP contribution in [0, 0.1) is 12.8 Å². The number of amides is 1. The molecule has 5 aliphatic rings. The topological polar surface area (TPSA) is 93.5 Å². The summed E-state index contributed by atoms with van der Waals surface area (Å²) in [5.41, 5.74) is 1.84. The zero-order valence-corrected chi connectivity index (χ0v) is 23.5. The molecule has 0 radical (unpaired) electrons. The smallest absolute Gasteiger partial charge is 0.223 e. The van der Waals surface area contributed by atoms with Crippen LogP contribution in [-0.4, -0.2) is 81.1 Å². The number of rotatable bonds is 6. The quantitative estimate of drug-likeness (QED) is 0.508. The summed E-state index contributed by atoms with van der Waals surface area (Å²) in [6.07, 6.45) is 3.69. The number of hydrogen-bond acceptors (Lipinski definition) is 6. The van der Waals surface area contributed by atoms with Gasteiger partial charge in [-0.2, -0.15) is 0 Å². The molecule has 7 nitrogen and oxygen atoms in total. The van der Waals surface area contributed by atoms with Crippen LogP contribution in [0.15, 0.2) is 36.4 Å². The number of phenols is 1. The molecule has 2 aliphatic heterocycles. The number of carbonyl (C=O) groups is 1. The number of halogens is 1. The third kappa shape index (κ3) is 3.77. The molecule has 3 unspecified atom stereocenters. The Morgan fingerprint density at radius 2 is 2.00 bits per heavy atom. The first-order valence-corrected chi connectivity index (χ1v) is 14.2. The van der Waals surface area contributed by atoms with Crippen molar-refractivity contribution in [1.29, 1.82) is 0 Å². The molecule has 2 heterocycles. The summed E-state index contributed by atoms with van der Waals surface area (Å²) in [5, 5.41) is 35.4. The number of aliphatic hydroxyl groups is 2. The van der Waals surface area contributed by atoms with Crippen LogP contribution in [0.1, 0.15) is 54.4 Å². The van der Waals surface area contributed by atoms with Crippen molar-refractivity contribution < 1.29 is 24.9 Å². The Morgan fingerprint density at radius 3 is 2.74 bits per heavy atom. The number of aromatic hydroxyl groups is 1. The monoisotopic (exact) mass is 554 g/mol. The molecule has 7 rings (SSSR count). The first-order valence-electron chi connectivity index (χ1n) is 14.2. The second kappa shape index (κ2) is 9.37. The molecular formula is C31H39ClN2O5. The molecule has 1 spiro atoms. The van der Waals surface area contributed by atoms with Crippen molar-refractivity contribution in [2.75, 3.05) is 20.1 Å². The number of aryl methyl sites for hydroxylation is 2. The fourth-order valence-corrected chi connectivity index (χ4v) is 8.39. The van der Waals surface area contributed by atoms with Crippen molar-refractivity contribution in [3.63, 3.8) is 0 Å². The summed E-state index contributed by atoms with van der Waals surface area (Å²) < 4.78 is 6.55. The number of likely N-dealkylation sites (tertiary alicyclic amines) is 1. The molecule has 1 amide bonds. The zero-order chi connectivity index (χ0) is 26.4. The average Bonchev–Trinajstić information content (AvgIpc) is 3.62. The second-order valence-corrected chi connectivity index (χ2v) is 12.5. The molecule has 2 aromatic carbocycles. The number of piperidine rings is 1. The molecule has 2 saturated carbocycles. The average molecular weight is 555 g/mol. The van der Waals surface area contributed by atoms with Gasteiger partial charge in [-0.05, 0) is 68.6 Å². The molecule has 0 aromatic heterocycles. The number of likely N-dealkylation sites (N-methyl/N-ethyl adjacent to an activating group) is 1. The van der Waals surface area contributed by atoms with E-state index in [1.54, 1.807) is 11.0 Å². The molecular weight excluding hydrogens is 516 g/mol. The van der Waals surface area contributed by atoms with Crippen LogP contribution in [-0.2, 0) is 23.1 Å². The molecule has 2 bridgehead atoms. The molecule has 210 valence electrons. The fourth-order valence-electron chi connectivity index (χ4n) is 8.39. The number of phenolic OH excluding ortho intramolecular Hbond substituents is 1. The van der Waals surface area contributed by atoms with Gasteiger partial charge in [-0.15, -0.1) is 12.4 Å². The Kier molecular flexibility index (Phi) is 6.46. The standard InChI is InChI=1S/C31H38N2O5.ClH/c1-18-4-3-5-19(14-18)8-11-26(36)32(2)22-12-13-30(37)24-15-21-9-10-23(34)28-27(21)31(30,29(22)38-28)25(35)17-33(24)16-20-6-7-20;/h3-5,9-10,14,20,22,24-25,29,34-35,37H,6-8,11-13,15-17H2,1-2H3;1H/t22?,24-,25?,29?,30-,31+;/m1./s1. The van der Waals surface area contributed by atoms with E-state index in [1.165, 1.54) is 18.4 Å². The minimum atomic E-state index is -1.20. The number of nitrogens with zero attached hydrogens (tertiary/aromatic N) is 2. The maximum atomic E-state index is 13.5. The van der Waals surface area contributed by atoms with Gasteiger partial charge in [-0.1, -0.05) is 35.9 Å². The van der Waals surface area contributed by atoms with Crippen LogP contribution >= 0.6 is 12.4 Å². The number of aliphatic hydroxyl groups excluding tert-OH is 1. The number of benzene rings is 2. The minimum absolute atomic E-state index is 0. The van der Waals surface area contributed by atoms with E-state index < -0.39 is 23.2 Å². The summed E-state index contributed by atoms with van der Waals surface area (Å²) in [5.74, 6) is 1.08. The van der Waals surface area contributed by atoms with Crippen LogP contribution in [0.5, 0.6) is 11.5 Å². The minimum Gasteiger partial charge on any atom is -0.504 e. The lowest BCUT2D eigenvalue weighted by atomic mass is 9.47. The number of carbonyl (C=O) groups excluding carboxylic acids is 1. The maximum absolute atomic E-state index is 13.5. The molecule has 1 saturated heterocycles. The highest BCUT2D eigenvalue weighted by Crippen LogP contribution is 2.66. The highest BCUT2D eigenvalue weighted by atomic mass is 35.5. The molecule has 3 N–H and O–H groups in total. The van der Waals surface area contributed by atoms with Crippen LogP contribution in [0.3, 0.4) is 0 Å². The lowest BCUT2D eigenvalue weighted by molar-refractivity contribution is -0.236. The van der Waals surface area contributed by atoms with Crippen molar-refractivity contribution in [2.45, 2.75) is 87.2 Å². The Balaban J connectivity index is 0.00000277. The SMILES string of the molecule is Cc1cccc(CCC(=O)N(C)C2CC[C@@]3(O)[C@H]4Cc5ccc(O)c6c5[C@@]3(C(O)CN4CC3CC3)C2O6)c1.Cl. The van der Waals surface area contributed by atoms with Crippen molar-refractivity contribution >= 4 is 18.3 Å². The third-order valence-corrected chi connectivity index (χ3v) is 10.3. The van der Waals surface area contributed by atoms with Gasteiger partial charge in [0.25, 0.3) is 0 Å². The van der Waals surface area contributed by atoms with Gasteiger partial charge in [0.1, 0.15) is 6.10 Å².